The summed E-state index contributed by atoms with van der Waals surface area (Å²) < 4.78 is 5.40. The third-order valence-corrected chi connectivity index (χ3v) is 15.8. The first-order valence-electron chi connectivity index (χ1n) is 21.0. The van der Waals surface area contributed by atoms with E-state index in [2.05, 4.69) is 187 Å². The van der Waals surface area contributed by atoms with Crippen molar-refractivity contribution >= 4 is 95.3 Å². The monoisotopic (exact) mass is 802 g/mol. The topological polar surface area (TPSA) is 0 Å². The molecule has 0 aliphatic heterocycles. The van der Waals surface area contributed by atoms with Crippen LogP contribution in [0.1, 0.15) is 33.4 Å². The molecule has 0 nitrogen and oxygen atoms in total. The lowest BCUT2D eigenvalue weighted by atomic mass is 9.83. The molecule has 0 aliphatic carbocycles. The highest BCUT2D eigenvalue weighted by atomic mass is 32.1. The summed E-state index contributed by atoms with van der Waals surface area (Å²) in [6.45, 7) is 13.5. The van der Waals surface area contributed by atoms with Gasteiger partial charge in [0, 0.05) is 51.1 Å². The lowest BCUT2D eigenvalue weighted by molar-refractivity contribution is 1.38. The molecule has 286 valence electrons. The Hall–Kier alpha value is -6.32. The van der Waals surface area contributed by atoms with Gasteiger partial charge in [0.15, 0.2) is 0 Å². The fourth-order valence-electron chi connectivity index (χ4n) is 10.6. The summed E-state index contributed by atoms with van der Waals surface area (Å²) in [5, 5.41) is 13.4. The standard InChI is InChI=1S/C58H42S2/c1-31-13-7-9-19-39(31)43-27-49-56-46(30-48-42-24-22-38(26-52(42)59-57(48)49)54-35(5)17-12-18-36(54)6)44(40-20-10-8-14-32(40)2)28-50-55(56)45(43)29-47-41-23-21-37(25-51(41)60-58(47)50)53-33(3)15-11-16-34(53)4/h7-30H,1-6H3. The highest BCUT2D eigenvalue weighted by molar-refractivity contribution is 7.27. The summed E-state index contributed by atoms with van der Waals surface area (Å²) in [7, 11) is 0. The molecular weight excluding hydrogens is 761 g/mol. The van der Waals surface area contributed by atoms with Crippen molar-refractivity contribution in [1.82, 2.24) is 0 Å². The molecule has 60 heavy (non-hydrogen) atoms. The molecule has 0 atom stereocenters. The Morgan fingerprint density at radius 3 is 1.07 bits per heavy atom. The van der Waals surface area contributed by atoms with E-state index in [1.807, 2.05) is 22.7 Å². The molecule has 2 aromatic heterocycles. The van der Waals surface area contributed by atoms with Crippen molar-refractivity contribution in [3.63, 3.8) is 0 Å². The molecule has 0 unspecified atom stereocenters. The molecule has 2 heterocycles. The smallest absolute Gasteiger partial charge is 0.0434 e. The fraction of sp³-hybridized carbons (Fsp3) is 0.103. The molecule has 12 rings (SSSR count). The van der Waals surface area contributed by atoms with Gasteiger partial charge in [-0.3, -0.25) is 0 Å². The molecule has 0 spiro atoms. The third kappa shape index (κ3) is 5.08. The van der Waals surface area contributed by atoms with Gasteiger partial charge in [-0.2, -0.15) is 0 Å². The van der Waals surface area contributed by atoms with E-state index >= 15 is 0 Å². The lowest BCUT2D eigenvalue weighted by Crippen LogP contribution is -1.93. The van der Waals surface area contributed by atoms with Crippen molar-refractivity contribution in [3.05, 3.63) is 179 Å². The molecule has 12 aromatic rings. The van der Waals surface area contributed by atoms with E-state index in [0.29, 0.717) is 0 Å². The Kier molecular flexibility index (Phi) is 7.77. The van der Waals surface area contributed by atoms with E-state index in [9.17, 15) is 0 Å². The van der Waals surface area contributed by atoms with Gasteiger partial charge in [0.05, 0.1) is 0 Å². The van der Waals surface area contributed by atoms with Gasteiger partial charge in [0.25, 0.3) is 0 Å². The second kappa shape index (κ2) is 13.1. The zero-order valence-electron chi connectivity index (χ0n) is 34.7. The van der Waals surface area contributed by atoms with Crippen LogP contribution in [-0.2, 0) is 0 Å². The van der Waals surface area contributed by atoms with Gasteiger partial charge in [-0.15, -0.1) is 22.7 Å². The third-order valence-electron chi connectivity index (χ3n) is 13.4. The normalized spacial score (nSPS) is 12.2. The predicted molar refractivity (Wildman–Crippen MR) is 266 cm³/mol. The second-order valence-corrected chi connectivity index (χ2v) is 19.2. The number of thiophene rings is 2. The average Bonchev–Trinajstić information content (AvgIpc) is 3.80. The molecule has 0 bridgehead atoms. The van der Waals surface area contributed by atoms with E-state index in [0.717, 1.165) is 0 Å². The maximum atomic E-state index is 2.55. The number of hydrogen-bond donors (Lipinski definition) is 0. The highest BCUT2D eigenvalue weighted by Gasteiger charge is 2.24. The minimum Gasteiger partial charge on any atom is -0.135 e. The van der Waals surface area contributed by atoms with Crippen molar-refractivity contribution in [2.45, 2.75) is 41.5 Å². The first kappa shape index (κ1) is 35.6. The molecular formula is C58H42S2. The van der Waals surface area contributed by atoms with Gasteiger partial charge in [-0.25, -0.2) is 0 Å². The predicted octanol–water partition coefficient (Wildman–Crippen LogP) is 17.8. The van der Waals surface area contributed by atoms with Crippen LogP contribution in [0.3, 0.4) is 0 Å². The lowest BCUT2D eigenvalue weighted by Gasteiger charge is -2.20. The van der Waals surface area contributed by atoms with Crippen LogP contribution in [0.5, 0.6) is 0 Å². The molecule has 0 saturated carbocycles. The summed E-state index contributed by atoms with van der Waals surface area (Å²) in [5.41, 5.74) is 18.3. The summed E-state index contributed by atoms with van der Waals surface area (Å²) in [6.07, 6.45) is 0. The highest BCUT2D eigenvalue weighted by Crippen LogP contribution is 2.53. The Morgan fingerprint density at radius 2 is 0.667 bits per heavy atom. The van der Waals surface area contributed by atoms with Gasteiger partial charge in [0.2, 0.25) is 0 Å². The SMILES string of the molecule is Cc1ccccc1-c1cc2c3sc4cc(-c5c(C)cccc5C)ccc4c3cc3c(-c4ccccc4C)cc4c5sc6cc(-c7c(C)cccc7C)ccc6c5cc1c4c32. The van der Waals surface area contributed by atoms with Crippen molar-refractivity contribution in [2.75, 3.05) is 0 Å². The maximum Gasteiger partial charge on any atom is 0.0434 e. The van der Waals surface area contributed by atoms with Gasteiger partial charge < -0.3 is 0 Å². The Morgan fingerprint density at radius 1 is 0.283 bits per heavy atom. The zero-order chi connectivity index (χ0) is 40.6. The van der Waals surface area contributed by atoms with Gasteiger partial charge in [-0.05, 0) is 177 Å². The number of aryl methyl sites for hydroxylation is 6. The fourth-order valence-corrected chi connectivity index (χ4v) is 13.1. The molecule has 0 N–H and O–H groups in total. The van der Waals surface area contributed by atoms with Crippen LogP contribution in [0.15, 0.2) is 146 Å². The van der Waals surface area contributed by atoms with E-state index in [4.69, 9.17) is 0 Å². The molecule has 2 heteroatoms. The van der Waals surface area contributed by atoms with E-state index in [-0.39, 0.29) is 0 Å². The first-order valence-corrected chi connectivity index (χ1v) is 22.6. The van der Waals surface area contributed by atoms with E-state index < -0.39 is 0 Å². The van der Waals surface area contributed by atoms with E-state index in [1.54, 1.807) is 0 Å². The first-order chi connectivity index (χ1) is 29.2. The van der Waals surface area contributed by atoms with Crippen LogP contribution in [0.4, 0.5) is 0 Å². The number of fused-ring (bicyclic) bond motifs is 8. The zero-order valence-corrected chi connectivity index (χ0v) is 36.3. The number of rotatable bonds is 4. The van der Waals surface area contributed by atoms with Gasteiger partial charge in [-0.1, -0.05) is 109 Å². The van der Waals surface area contributed by atoms with Crippen LogP contribution in [0, 0.1) is 41.5 Å². The van der Waals surface area contributed by atoms with Crippen molar-refractivity contribution in [1.29, 1.82) is 0 Å². The van der Waals surface area contributed by atoms with E-state index in [1.165, 1.54) is 151 Å². The average molecular weight is 803 g/mol. The molecule has 0 saturated heterocycles. The Labute approximate surface area is 358 Å². The number of benzene rings is 10. The molecule has 0 fully saturated rings. The van der Waals surface area contributed by atoms with Crippen molar-refractivity contribution < 1.29 is 0 Å². The quantitative estimate of drug-likeness (QED) is 0.156. The molecule has 0 radical (unpaired) electrons. The Balaban J connectivity index is 1.26. The summed E-state index contributed by atoms with van der Waals surface area (Å²) in [6, 6.07) is 55.7. The summed E-state index contributed by atoms with van der Waals surface area (Å²) in [5.74, 6) is 0. The molecule has 0 aliphatic rings. The second-order valence-electron chi connectivity index (χ2n) is 17.1. The number of hydrogen-bond acceptors (Lipinski definition) is 2. The van der Waals surface area contributed by atoms with Crippen LogP contribution < -0.4 is 0 Å². The minimum absolute atomic E-state index is 1.29. The molecule has 10 aromatic carbocycles. The molecule has 0 amide bonds. The van der Waals surface area contributed by atoms with Crippen molar-refractivity contribution in [3.8, 4) is 44.5 Å². The summed E-state index contributed by atoms with van der Waals surface area (Å²) >= 11 is 3.92. The largest absolute Gasteiger partial charge is 0.135 e. The van der Waals surface area contributed by atoms with Crippen LogP contribution in [0.2, 0.25) is 0 Å². The van der Waals surface area contributed by atoms with Crippen LogP contribution >= 0.6 is 22.7 Å². The minimum atomic E-state index is 1.29. The van der Waals surface area contributed by atoms with Crippen LogP contribution in [-0.4, -0.2) is 0 Å². The maximum absolute atomic E-state index is 2.55. The summed E-state index contributed by atoms with van der Waals surface area (Å²) in [4.78, 5) is 0. The van der Waals surface area contributed by atoms with Crippen LogP contribution in [0.25, 0.3) is 117 Å². The van der Waals surface area contributed by atoms with Crippen molar-refractivity contribution in [2.24, 2.45) is 0 Å². The van der Waals surface area contributed by atoms with Gasteiger partial charge in [0.1, 0.15) is 0 Å². The van der Waals surface area contributed by atoms with Gasteiger partial charge >= 0.3 is 0 Å². The Bertz CT molecular complexity index is 3490.